The number of methoxy groups -OCH3 is 1. The topological polar surface area (TPSA) is 44.2 Å². The summed E-state index contributed by atoms with van der Waals surface area (Å²) in [5.41, 5.74) is 0. The molecule has 14 heavy (non-hydrogen) atoms. The molecular weight excluding hydrogens is 227 g/mol. The molecule has 1 atom stereocenters. The van der Waals surface area contributed by atoms with Crippen molar-refractivity contribution in [1.82, 2.24) is 9.97 Å². The highest BCUT2D eigenvalue weighted by Crippen LogP contribution is 2.22. The summed E-state index contributed by atoms with van der Waals surface area (Å²) in [4.78, 5) is 7.54. The van der Waals surface area contributed by atoms with Crippen molar-refractivity contribution < 1.29 is 9.47 Å². The fourth-order valence-electron chi connectivity index (χ4n) is 0.873. The van der Waals surface area contributed by atoms with E-state index in [1.165, 1.54) is 6.20 Å². The predicted octanol–water partition coefficient (Wildman–Crippen LogP) is 2.20. The molecule has 0 N–H and O–H groups in total. The van der Waals surface area contributed by atoms with E-state index in [2.05, 4.69) is 9.97 Å². The van der Waals surface area contributed by atoms with Crippen LogP contribution in [0.15, 0.2) is 6.20 Å². The van der Waals surface area contributed by atoms with Crippen LogP contribution in [0, 0.1) is 0 Å². The Kier molecular flexibility index (Phi) is 4.38. The smallest absolute Gasteiger partial charge is 0.237 e. The molecule has 1 rings (SSSR count). The molecule has 78 valence electrons. The molecule has 0 radical (unpaired) electrons. The molecule has 0 amide bonds. The van der Waals surface area contributed by atoms with Gasteiger partial charge in [-0.15, -0.1) is 0 Å². The van der Waals surface area contributed by atoms with Gasteiger partial charge >= 0.3 is 0 Å². The maximum Gasteiger partial charge on any atom is 0.237 e. The van der Waals surface area contributed by atoms with E-state index in [0.717, 1.165) is 0 Å². The fourth-order valence-corrected chi connectivity index (χ4v) is 1.13. The van der Waals surface area contributed by atoms with Crippen LogP contribution in [0.3, 0.4) is 0 Å². The lowest BCUT2D eigenvalue weighted by Gasteiger charge is -2.13. The first kappa shape index (κ1) is 11.5. The third-order valence-electron chi connectivity index (χ3n) is 1.40. The van der Waals surface area contributed by atoms with Crippen LogP contribution < -0.4 is 4.74 Å². The molecule has 0 saturated heterocycles. The Balaban J connectivity index is 2.70. The Hall–Kier alpha value is -0.580. The zero-order valence-corrected chi connectivity index (χ0v) is 9.34. The first-order chi connectivity index (χ1) is 6.63. The van der Waals surface area contributed by atoms with E-state index in [4.69, 9.17) is 32.7 Å². The zero-order chi connectivity index (χ0) is 10.6. The SMILES string of the molecule is COC[C@@H](C)Oc1nc(Cl)ncc1Cl. The zero-order valence-electron chi connectivity index (χ0n) is 7.83. The minimum absolute atomic E-state index is 0.106. The molecule has 0 saturated carbocycles. The van der Waals surface area contributed by atoms with Crippen molar-refractivity contribution in [3.05, 3.63) is 16.5 Å². The minimum Gasteiger partial charge on any atom is -0.471 e. The van der Waals surface area contributed by atoms with Crippen LogP contribution in [0.5, 0.6) is 5.88 Å². The molecular formula is C8H10Cl2N2O2. The quantitative estimate of drug-likeness (QED) is 0.753. The number of hydrogen-bond acceptors (Lipinski definition) is 4. The maximum atomic E-state index is 5.79. The van der Waals surface area contributed by atoms with E-state index in [9.17, 15) is 0 Å². The van der Waals surface area contributed by atoms with Gasteiger partial charge in [-0.05, 0) is 18.5 Å². The van der Waals surface area contributed by atoms with Gasteiger partial charge < -0.3 is 9.47 Å². The second-order valence-corrected chi connectivity index (χ2v) is 3.42. The molecule has 6 heteroatoms. The van der Waals surface area contributed by atoms with Gasteiger partial charge in [0.25, 0.3) is 0 Å². The summed E-state index contributed by atoms with van der Waals surface area (Å²) >= 11 is 11.4. The number of aromatic nitrogens is 2. The van der Waals surface area contributed by atoms with Crippen LogP contribution in [-0.2, 0) is 4.74 Å². The Bertz CT molecular complexity index is 309. The highest BCUT2D eigenvalue weighted by atomic mass is 35.5. The lowest BCUT2D eigenvalue weighted by atomic mass is 10.4. The molecule has 0 aliphatic rings. The summed E-state index contributed by atoms with van der Waals surface area (Å²) in [5, 5.41) is 0.436. The van der Waals surface area contributed by atoms with E-state index in [1.54, 1.807) is 7.11 Å². The van der Waals surface area contributed by atoms with E-state index in [-0.39, 0.29) is 17.3 Å². The van der Waals surface area contributed by atoms with Crippen molar-refractivity contribution in [2.45, 2.75) is 13.0 Å². The van der Waals surface area contributed by atoms with Gasteiger partial charge in [-0.2, -0.15) is 4.98 Å². The Morgan fingerprint density at radius 2 is 2.21 bits per heavy atom. The van der Waals surface area contributed by atoms with Crippen LogP contribution in [0.4, 0.5) is 0 Å². The monoisotopic (exact) mass is 236 g/mol. The molecule has 1 aromatic heterocycles. The van der Waals surface area contributed by atoms with Gasteiger partial charge in [-0.3, -0.25) is 0 Å². The molecule has 0 unspecified atom stereocenters. The molecule has 0 fully saturated rings. The van der Waals surface area contributed by atoms with Crippen molar-refractivity contribution in [3.63, 3.8) is 0 Å². The van der Waals surface area contributed by atoms with Crippen LogP contribution in [-0.4, -0.2) is 29.8 Å². The standard InChI is InChI=1S/C8H10Cl2N2O2/c1-5(4-13-2)14-7-6(9)3-11-8(10)12-7/h3,5H,4H2,1-2H3/t5-/m1/s1. The largest absolute Gasteiger partial charge is 0.471 e. The van der Waals surface area contributed by atoms with Crippen molar-refractivity contribution in [3.8, 4) is 5.88 Å². The van der Waals surface area contributed by atoms with Crippen molar-refractivity contribution >= 4 is 23.2 Å². The minimum atomic E-state index is -0.136. The Morgan fingerprint density at radius 3 is 2.86 bits per heavy atom. The second-order valence-electron chi connectivity index (χ2n) is 2.68. The average Bonchev–Trinajstić information content (AvgIpc) is 2.12. The molecule has 0 aliphatic carbocycles. The predicted molar refractivity (Wildman–Crippen MR) is 54.0 cm³/mol. The van der Waals surface area contributed by atoms with E-state index < -0.39 is 0 Å². The second kappa shape index (κ2) is 5.34. The summed E-state index contributed by atoms with van der Waals surface area (Å²) < 4.78 is 10.3. The number of halogens is 2. The van der Waals surface area contributed by atoms with Gasteiger partial charge in [0, 0.05) is 7.11 Å². The summed E-state index contributed by atoms with van der Waals surface area (Å²) in [6.07, 6.45) is 1.26. The first-order valence-electron chi connectivity index (χ1n) is 3.97. The van der Waals surface area contributed by atoms with Gasteiger partial charge in [0.15, 0.2) is 0 Å². The highest BCUT2D eigenvalue weighted by molar-refractivity contribution is 6.32. The maximum absolute atomic E-state index is 5.79. The highest BCUT2D eigenvalue weighted by Gasteiger charge is 2.09. The number of nitrogens with zero attached hydrogens (tertiary/aromatic N) is 2. The third kappa shape index (κ3) is 3.29. The molecule has 1 heterocycles. The van der Waals surface area contributed by atoms with Crippen LogP contribution >= 0.6 is 23.2 Å². The van der Waals surface area contributed by atoms with E-state index in [1.807, 2.05) is 6.92 Å². The van der Waals surface area contributed by atoms with Gasteiger partial charge in [-0.1, -0.05) is 11.6 Å². The van der Waals surface area contributed by atoms with Crippen molar-refractivity contribution in [2.24, 2.45) is 0 Å². The Morgan fingerprint density at radius 1 is 1.50 bits per heavy atom. The summed E-state index contributed by atoms with van der Waals surface area (Å²) in [6, 6.07) is 0. The molecule has 0 spiro atoms. The lowest BCUT2D eigenvalue weighted by molar-refractivity contribution is 0.0889. The van der Waals surface area contributed by atoms with Gasteiger partial charge in [0.2, 0.25) is 11.2 Å². The lowest BCUT2D eigenvalue weighted by Crippen LogP contribution is -2.18. The molecule has 1 aromatic rings. The van der Waals surface area contributed by atoms with E-state index >= 15 is 0 Å². The van der Waals surface area contributed by atoms with Crippen molar-refractivity contribution in [2.75, 3.05) is 13.7 Å². The van der Waals surface area contributed by atoms with Crippen LogP contribution in [0.25, 0.3) is 0 Å². The van der Waals surface area contributed by atoms with E-state index in [0.29, 0.717) is 11.6 Å². The summed E-state index contributed by atoms with van der Waals surface area (Å²) in [5.74, 6) is 0.274. The molecule has 0 aromatic carbocycles. The average molecular weight is 237 g/mol. The van der Waals surface area contributed by atoms with Crippen LogP contribution in [0.2, 0.25) is 10.3 Å². The van der Waals surface area contributed by atoms with Gasteiger partial charge in [0.1, 0.15) is 11.1 Å². The number of ether oxygens (including phenoxy) is 2. The van der Waals surface area contributed by atoms with Gasteiger partial charge in [-0.25, -0.2) is 4.98 Å². The van der Waals surface area contributed by atoms with Crippen molar-refractivity contribution in [1.29, 1.82) is 0 Å². The van der Waals surface area contributed by atoms with Gasteiger partial charge in [0.05, 0.1) is 12.8 Å². The number of hydrogen-bond donors (Lipinski definition) is 0. The number of rotatable bonds is 4. The van der Waals surface area contributed by atoms with Crippen LogP contribution in [0.1, 0.15) is 6.92 Å². The molecule has 0 aliphatic heterocycles. The third-order valence-corrected chi connectivity index (χ3v) is 1.84. The molecule has 4 nitrogen and oxygen atoms in total. The normalized spacial score (nSPS) is 12.6. The first-order valence-corrected chi connectivity index (χ1v) is 4.72. The molecule has 0 bridgehead atoms. The summed E-state index contributed by atoms with van der Waals surface area (Å²) in [7, 11) is 1.59. The fraction of sp³-hybridized carbons (Fsp3) is 0.500. The summed E-state index contributed by atoms with van der Waals surface area (Å²) in [6.45, 7) is 2.30. The Labute approximate surface area is 92.2 Å².